The predicted octanol–water partition coefficient (Wildman–Crippen LogP) is 3.61. The Kier molecular flexibility index (Phi) is 5.01. The third-order valence-electron chi connectivity index (χ3n) is 3.23. The summed E-state index contributed by atoms with van der Waals surface area (Å²) < 4.78 is 5.76. The number of fused-ring (bicyclic) bond motifs is 1. The van der Waals surface area contributed by atoms with Crippen LogP contribution in [-0.4, -0.2) is 6.61 Å². The highest BCUT2D eigenvalue weighted by Crippen LogP contribution is 2.37. The zero-order valence-corrected chi connectivity index (χ0v) is 11.7. The van der Waals surface area contributed by atoms with Crippen molar-refractivity contribution < 1.29 is 4.74 Å². The molecule has 96 valence electrons. The van der Waals surface area contributed by atoms with E-state index in [1.165, 1.54) is 16.7 Å². The first-order valence-corrected chi connectivity index (χ1v) is 6.65. The summed E-state index contributed by atoms with van der Waals surface area (Å²) in [4.78, 5) is 0. The maximum atomic E-state index is 6.20. The lowest BCUT2D eigenvalue weighted by Crippen LogP contribution is -2.29. The number of nitrogens with two attached hydrogens (primary N) is 1. The fourth-order valence-corrected chi connectivity index (χ4v) is 2.15. The molecule has 2 heteroatoms. The second-order valence-electron chi connectivity index (χ2n) is 4.50. The molecule has 0 spiro atoms. The molecule has 2 N–H and O–H groups in total. The average Bonchev–Trinajstić information content (AvgIpc) is 2.36. The van der Waals surface area contributed by atoms with Gasteiger partial charge >= 0.3 is 0 Å². The second kappa shape index (κ2) is 6.06. The van der Waals surface area contributed by atoms with Crippen molar-refractivity contribution in [2.45, 2.75) is 47.1 Å². The summed E-state index contributed by atoms with van der Waals surface area (Å²) in [6, 6.07) is 4.52. The summed E-state index contributed by atoms with van der Waals surface area (Å²) in [5.74, 6) is 1.42. The summed E-state index contributed by atoms with van der Waals surface area (Å²) in [5, 5.41) is 0. The molecule has 0 amide bonds. The fourth-order valence-electron chi connectivity index (χ4n) is 2.15. The molecular weight excluding hydrogens is 210 g/mol. The molecular formula is C15H25NO. The molecule has 2 rings (SSSR count). The van der Waals surface area contributed by atoms with E-state index in [1.54, 1.807) is 0 Å². The van der Waals surface area contributed by atoms with Crippen molar-refractivity contribution in [2.75, 3.05) is 6.61 Å². The lowest BCUT2D eigenvalue weighted by molar-refractivity contribution is 0.206. The Balaban J connectivity index is 0.000000686. The summed E-state index contributed by atoms with van der Waals surface area (Å²) in [6.07, 6.45) is 1.05. The van der Waals surface area contributed by atoms with Crippen LogP contribution in [0, 0.1) is 12.8 Å². The third-order valence-corrected chi connectivity index (χ3v) is 3.23. The Morgan fingerprint density at radius 2 is 2.00 bits per heavy atom. The van der Waals surface area contributed by atoms with E-state index < -0.39 is 0 Å². The zero-order valence-electron chi connectivity index (χ0n) is 11.7. The van der Waals surface area contributed by atoms with Crippen molar-refractivity contribution in [3.05, 3.63) is 28.8 Å². The molecule has 0 aliphatic carbocycles. The van der Waals surface area contributed by atoms with Gasteiger partial charge in [-0.2, -0.15) is 0 Å². The highest BCUT2D eigenvalue weighted by molar-refractivity contribution is 5.47. The number of rotatable bonds is 1. The fraction of sp³-hybridized carbons (Fsp3) is 0.600. The van der Waals surface area contributed by atoms with Crippen molar-refractivity contribution in [1.29, 1.82) is 0 Å². The Hall–Kier alpha value is -1.02. The molecule has 2 unspecified atom stereocenters. The maximum absolute atomic E-state index is 6.20. The van der Waals surface area contributed by atoms with Gasteiger partial charge in [0.1, 0.15) is 5.75 Å². The Morgan fingerprint density at radius 3 is 2.59 bits per heavy atom. The van der Waals surface area contributed by atoms with Crippen LogP contribution >= 0.6 is 0 Å². The highest BCUT2D eigenvalue weighted by atomic mass is 16.5. The van der Waals surface area contributed by atoms with E-state index in [0.29, 0.717) is 5.92 Å². The molecule has 1 heterocycles. The summed E-state index contributed by atoms with van der Waals surface area (Å²) in [7, 11) is 0. The standard InChI is InChI=1S/C13H19NO.C2H6/c1-4-10-5-8(2)13-11(6-10)12(14)9(3)7-15-13;1-2/h5-6,9,12H,4,7,14H2,1-3H3;1-2H3. The molecule has 0 aromatic heterocycles. The molecule has 2 atom stereocenters. The molecule has 0 fully saturated rings. The SMILES string of the molecule is CC.CCc1cc(C)c2c(c1)C(N)C(C)CO2. The molecule has 0 radical (unpaired) electrons. The minimum absolute atomic E-state index is 0.124. The van der Waals surface area contributed by atoms with E-state index in [-0.39, 0.29) is 6.04 Å². The highest BCUT2D eigenvalue weighted by Gasteiger charge is 2.26. The summed E-state index contributed by atoms with van der Waals surface area (Å²) >= 11 is 0. The van der Waals surface area contributed by atoms with Crippen molar-refractivity contribution in [3.8, 4) is 5.75 Å². The monoisotopic (exact) mass is 235 g/mol. The van der Waals surface area contributed by atoms with Gasteiger partial charge in [-0.3, -0.25) is 0 Å². The van der Waals surface area contributed by atoms with Crippen LogP contribution in [0.1, 0.15) is 50.4 Å². The molecule has 1 aromatic rings. The average molecular weight is 235 g/mol. The molecule has 17 heavy (non-hydrogen) atoms. The molecule has 1 aromatic carbocycles. The van der Waals surface area contributed by atoms with Gasteiger partial charge in [-0.15, -0.1) is 0 Å². The van der Waals surface area contributed by atoms with Crippen LogP contribution in [0.25, 0.3) is 0 Å². The van der Waals surface area contributed by atoms with Crippen molar-refractivity contribution in [2.24, 2.45) is 11.7 Å². The number of ether oxygens (including phenoxy) is 1. The van der Waals surface area contributed by atoms with Gasteiger partial charge in [0.05, 0.1) is 6.61 Å². The van der Waals surface area contributed by atoms with E-state index >= 15 is 0 Å². The Bertz CT molecular complexity index is 373. The number of benzene rings is 1. The van der Waals surface area contributed by atoms with Gasteiger partial charge in [0.25, 0.3) is 0 Å². The van der Waals surface area contributed by atoms with Crippen LogP contribution in [0.3, 0.4) is 0 Å². The van der Waals surface area contributed by atoms with Crippen LogP contribution in [0.5, 0.6) is 5.75 Å². The van der Waals surface area contributed by atoms with Crippen molar-refractivity contribution in [3.63, 3.8) is 0 Å². The topological polar surface area (TPSA) is 35.2 Å². The van der Waals surface area contributed by atoms with Crippen LogP contribution in [0.2, 0.25) is 0 Å². The van der Waals surface area contributed by atoms with Crippen LogP contribution < -0.4 is 10.5 Å². The van der Waals surface area contributed by atoms with E-state index in [9.17, 15) is 0 Å². The maximum Gasteiger partial charge on any atom is 0.127 e. The number of hydrogen-bond acceptors (Lipinski definition) is 2. The van der Waals surface area contributed by atoms with Gasteiger partial charge in [0.2, 0.25) is 0 Å². The quantitative estimate of drug-likeness (QED) is 0.807. The first-order chi connectivity index (χ1) is 8.13. The van der Waals surface area contributed by atoms with E-state index in [0.717, 1.165) is 18.8 Å². The number of aryl methyl sites for hydroxylation is 2. The van der Waals surface area contributed by atoms with Gasteiger partial charge in [-0.05, 0) is 24.5 Å². The first kappa shape index (κ1) is 14.0. The lowest BCUT2D eigenvalue weighted by atomic mass is 9.89. The predicted molar refractivity (Wildman–Crippen MR) is 73.5 cm³/mol. The van der Waals surface area contributed by atoms with Crippen LogP contribution in [-0.2, 0) is 6.42 Å². The second-order valence-corrected chi connectivity index (χ2v) is 4.50. The third kappa shape index (κ3) is 2.81. The van der Waals surface area contributed by atoms with E-state index in [4.69, 9.17) is 10.5 Å². The van der Waals surface area contributed by atoms with Gasteiger partial charge in [0.15, 0.2) is 0 Å². The number of hydrogen-bond donors (Lipinski definition) is 1. The van der Waals surface area contributed by atoms with Crippen molar-refractivity contribution in [1.82, 2.24) is 0 Å². The summed E-state index contributed by atoms with van der Waals surface area (Å²) in [6.45, 7) is 11.1. The van der Waals surface area contributed by atoms with Crippen LogP contribution in [0.4, 0.5) is 0 Å². The largest absolute Gasteiger partial charge is 0.493 e. The first-order valence-electron chi connectivity index (χ1n) is 6.65. The van der Waals surface area contributed by atoms with Gasteiger partial charge in [-0.1, -0.05) is 39.8 Å². The van der Waals surface area contributed by atoms with Crippen molar-refractivity contribution >= 4 is 0 Å². The van der Waals surface area contributed by atoms with Crippen LogP contribution in [0.15, 0.2) is 12.1 Å². The molecule has 1 aliphatic rings. The summed E-state index contributed by atoms with van der Waals surface area (Å²) in [5.41, 5.74) is 9.95. The van der Waals surface area contributed by atoms with Gasteiger partial charge in [0, 0.05) is 17.5 Å². The smallest absolute Gasteiger partial charge is 0.127 e. The molecule has 2 nitrogen and oxygen atoms in total. The zero-order chi connectivity index (χ0) is 13.0. The van der Waals surface area contributed by atoms with E-state index in [1.807, 2.05) is 13.8 Å². The molecule has 0 saturated carbocycles. The Labute approximate surface area is 105 Å². The minimum atomic E-state index is 0.124. The normalized spacial score (nSPS) is 22.0. The van der Waals surface area contributed by atoms with E-state index in [2.05, 4.69) is 32.9 Å². The van der Waals surface area contributed by atoms with Gasteiger partial charge < -0.3 is 10.5 Å². The Morgan fingerprint density at radius 1 is 1.35 bits per heavy atom. The van der Waals surface area contributed by atoms with Gasteiger partial charge in [-0.25, -0.2) is 0 Å². The molecule has 0 bridgehead atoms. The molecule has 0 saturated heterocycles. The lowest BCUT2D eigenvalue weighted by Gasteiger charge is -2.30. The minimum Gasteiger partial charge on any atom is -0.493 e. The molecule has 1 aliphatic heterocycles.